The summed E-state index contributed by atoms with van der Waals surface area (Å²) in [6.45, 7) is 1.38. The molecular weight excluding hydrogens is 229 g/mol. The van der Waals surface area contributed by atoms with Gasteiger partial charge in [0.15, 0.2) is 0 Å². The molecule has 0 heterocycles. The number of hydrogen-bond acceptors (Lipinski definition) is 1. The van der Waals surface area contributed by atoms with Crippen LogP contribution < -0.4 is 5.32 Å². The van der Waals surface area contributed by atoms with Crippen LogP contribution in [0.2, 0.25) is 0 Å². The summed E-state index contributed by atoms with van der Waals surface area (Å²) in [6, 6.07) is 11.2. The topological polar surface area (TPSA) is 29.1 Å². The van der Waals surface area contributed by atoms with E-state index in [4.69, 9.17) is 0 Å². The average molecular weight is 241 g/mol. The molecule has 0 unspecified atom stereocenters. The van der Waals surface area contributed by atoms with Gasteiger partial charge in [-0.3, -0.25) is 4.79 Å². The Morgan fingerprint density at radius 3 is 2.72 bits per heavy atom. The molecule has 1 aliphatic carbocycles. The molecule has 1 aliphatic rings. The van der Waals surface area contributed by atoms with Crippen LogP contribution in [0.5, 0.6) is 0 Å². The quantitative estimate of drug-likeness (QED) is 0.695. The second kappa shape index (κ2) is 3.95. The Morgan fingerprint density at radius 2 is 1.94 bits per heavy atom. The first-order valence-corrected chi connectivity index (χ1v) is 5.83. The predicted molar refractivity (Wildman–Crippen MR) is 68.9 cm³/mol. The van der Waals surface area contributed by atoms with E-state index in [9.17, 15) is 9.18 Å². The number of anilines is 1. The number of benzene rings is 2. The molecular formula is C15H12FNO. The minimum Gasteiger partial charge on any atom is -0.324 e. The van der Waals surface area contributed by atoms with Gasteiger partial charge in [0.2, 0.25) is 5.91 Å². The lowest BCUT2D eigenvalue weighted by Crippen LogP contribution is -2.07. The monoisotopic (exact) mass is 241 g/mol. The van der Waals surface area contributed by atoms with Gasteiger partial charge in [0.25, 0.3) is 0 Å². The SMILES string of the molecule is CC(=O)Nc1cc2c(cc1F)-c1ccccc1C2. The Labute approximate surface area is 104 Å². The third-order valence-corrected chi connectivity index (χ3v) is 3.19. The number of nitrogens with one attached hydrogen (secondary N) is 1. The molecule has 0 aromatic heterocycles. The van der Waals surface area contributed by atoms with Gasteiger partial charge < -0.3 is 5.32 Å². The summed E-state index contributed by atoms with van der Waals surface area (Å²) in [7, 11) is 0. The molecule has 2 aromatic carbocycles. The van der Waals surface area contributed by atoms with Crippen LogP contribution in [0.15, 0.2) is 36.4 Å². The lowest BCUT2D eigenvalue weighted by molar-refractivity contribution is -0.114. The van der Waals surface area contributed by atoms with Crippen molar-refractivity contribution in [2.75, 3.05) is 5.32 Å². The highest BCUT2D eigenvalue weighted by Crippen LogP contribution is 2.38. The fourth-order valence-electron chi connectivity index (χ4n) is 2.44. The highest BCUT2D eigenvalue weighted by molar-refractivity contribution is 5.90. The molecule has 2 aromatic rings. The molecule has 1 amide bonds. The largest absolute Gasteiger partial charge is 0.324 e. The average Bonchev–Trinajstić information content (AvgIpc) is 2.67. The lowest BCUT2D eigenvalue weighted by Gasteiger charge is -2.07. The Bertz CT molecular complexity index is 649. The molecule has 0 spiro atoms. The zero-order valence-corrected chi connectivity index (χ0v) is 9.96. The van der Waals surface area contributed by atoms with Gasteiger partial charge in [-0.1, -0.05) is 24.3 Å². The number of hydrogen-bond donors (Lipinski definition) is 1. The highest BCUT2D eigenvalue weighted by atomic mass is 19.1. The van der Waals surface area contributed by atoms with E-state index in [1.807, 2.05) is 24.3 Å². The summed E-state index contributed by atoms with van der Waals surface area (Å²) < 4.78 is 13.9. The zero-order chi connectivity index (χ0) is 12.7. The molecule has 0 radical (unpaired) electrons. The minimum absolute atomic E-state index is 0.258. The second-order valence-electron chi connectivity index (χ2n) is 4.50. The van der Waals surface area contributed by atoms with Crippen molar-refractivity contribution in [3.63, 3.8) is 0 Å². The highest BCUT2D eigenvalue weighted by Gasteiger charge is 2.20. The van der Waals surface area contributed by atoms with Crippen LogP contribution in [0.4, 0.5) is 10.1 Å². The zero-order valence-electron chi connectivity index (χ0n) is 9.96. The van der Waals surface area contributed by atoms with Crippen molar-refractivity contribution < 1.29 is 9.18 Å². The Morgan fingerprint density at radius 1 is 1.17 bits per heavy atom. The van der Waals surface area contributed by atoms with E-state index in [1.54, 1.807) is 6.07 Å². The van der Waals surface area contributed by atoms with Crippen molar-refractivity contribution in [3.8, 4) is 11.1 Å². The number of carbonyl (C=O) groups is 1. The van der Waals surface area contributed by atoms with Crippen LogP contribution >= 0.6 is 0 Å². The summed E-state index contributed by atoms with van der Waals surface area (Å²) in [5.74, 6) is -0.648. The van der Waals surface area contributed by atoms with E-state index in [0.717, 1.165) is 23.1 Å². The van der Waals surface area contributed by atoms with E-state index in [1.165, 1.54) is 18.6 Å². The Balaban J connectivity index is 2.11. The molecule has 2 nitrogen and oxygen atoms in total. The number of rotatable bonds is 1. The number of carbonyl (C=O) groups excluding carboxylic acids is 1. The maximum atomic E-state index is 13.9. The molecule has 0 saturated carbocycles. The first-order valence-electron chi connectivity index (χ1n) is 5.83. The second-order valence-corrected chi connectivity index (χ2v) is 4.50. The molecule has 0 bridgehead atoms. The molecule has 1 N–H and O–H groups in total. The molecule has 18 heavy (non-hydrogen) atoms. The van der Waals surface area contributed by atoms with Crippen molar-refractivity contribution in [2.24, 2.45) is 0 Å². The van der Waals surface area contributed by atoms with E-state index in [-0.39, 0.29) is 17.4 Å². The van der Waals surface area contributed by atoms with Gasteiger partial charge >= 0.3 is 0 Å². The number of halogens is 1. The van der Waals surface area contributed by atoms with E-state index < -0.39 is 0 Å². The van der Waals surface area contributed by atoms with Gasteiger partial charge in [-0.05, 0) is 40.8 Å². The maximum absolute atomic E-state index is 13.9. The summed E-state index contributed by atoms with van der Waals surface area (Å²) in [5.41, 5.74) is 4.53. The third-order valence-electron chi connectivity index (χ3n) is 3.19. The standard InChI is InChI=1S/C15H12FNO/c1-9(18)17-15-7-11-6-10-4-2-3-5-12(10)13(11)8-14(15)16/h2-5,7-8H,6H2,1H3,(H,17,18). The van der Waals surface area contributed by atoms with Crippen molar-refractivity contribution in [1.82, 2.24) is 0 Å². The lowest BCUT2D eigenvalue weighted by atomic mass is 10.1. The summed E-state index contributed by atoms with van der Waals surface area (Å²) in [6.07, 6.45) is 0.790. The van der Waals surface area contributed by atoms with Gasteiger partial charge in [0.1, 0.15) is 5.82 Å². The van der Waals surface area contributed by atoms with Crippen LogP contribution in [0, 0.1) is 5.82 Å². The predicted octanol–water partition coefficient (Wildman–Crippen LogP) is 3.36. The molecule has 0 saturated heterocycles. The van der Waals surface area contributed by atoms with Crippen LogP contribution in [0.25, 0.3) is 11.1 Å². The van der Waals surface area contributed by atoms with Crippen molar-refractivity contribution in [1.29, 1.82) is 0 Å². The molecule has 3 heteroatoms. The van der Waals surface area contributed by atoms with Gasteiger partial charge in [0.05, 0.1) is 5.69 Å². The fraction of sp³-hybridized carbons (Fsp3) is 0.133. The van der Waals surface area contributed by atoms with Gasteiger partial charge in [-0.25, -0.2) is 4.39 Å². The van der Waals surface area contributed by atoms with E-state index in [2.05, 4.69) is 5.32 Å². The van der Waals surface area contributed by atoms with Crippen molar-refractivity contribution >= 4 is 11.6 Å². The van der Waals surface area contributed by atoms with E-state index in [0.29, 0.717) is 0 Å². The van der Waals surface area contributed by atoms with Gasteiger partial charge in [-0.15, -0.1) is 0 Å². The summed E-state index contributed by atoms with van der Waals surface area (Å²) in [5, 5.41) is 2.52. The Kier molecular flexibility index (Phi) is 2.40. The van der Waals surface area contributed by atoms with Crippen LogP contribution in [-0.4, -0.2) is 5.91 Å². The van der Waals surface area contributed by atoms with Crippen molar-refractivity contribution in [3.05, 3.63) is 53.3 Å². The van der Waals surface area contributed by atoms with Gasteiger partial charge in [-0.2, -0.15) is 0 Å². The molecule has 3 rings (SSSR count). The van der Waals surface area contributed by atoms with Crippen LogP contribution in [0.3, 0.4) is 0 Å². The first-order chi connectivity index (χ1) is 8.65. The molecule has 0 atom stereocenters. The first kappa shape index (κ1) is 11.0. The fourth-order valence-corrected chi connectivity index (χ4v) is 2.44. The maximum Gasteiger partial charge on any atom is 0.221 e. The molecule has 90 valence electrons. The number of fused-ring (bicyclic) bond motifs is 3. The van der Waals surface area contributed by atoms with Crippen LogP contribution in [0.1, 0.15) is 18.1 Å². The molecule has 0 fully saturated rings. The minimum atomic E-state index is -0.388. The summed E-state index contributed by atoms with van der Waals surface area (Å²) >= 11 is 0. The third kappa shape index (κ3) is 1.68. The molecule has 0 aliphatic heterocycles. The smallest absolute Gasteiger partial charge is 0.221 e. The van der Waals surface area contributed by atoms with Crippen LogP contribution in [-0.2, 0) is 11.2 Å². The Hall–Kier alpha value is -2.16. The summed E-state index contributed by atoms with van der Waals surface area (Å²) in [4.78, 5) is 11.0. The van der Waals surface area contributed by atoms with Gasteiger partial charge in [0, 0.05) is 6.92 Å². The van der Waals surface area contributed by atoms with Crippen molar-refractivity contribution in [2.45, 2.75) is 13.3 Å². The van der Waals surface area contributed by atoms with E-state index >= 15 is 0 Å². The normalized spacial score (nSPS) is 11.9. The number of amides is 1.